The number of rotatable bonds is 0. The lowest BCUT2D eigenvalue weighted by molar-refractivity contribution is 0.684. The van der Waals surface area contributed by atoms with E-state index in [0.29, 0.717) is 0 Å². The monoisotopic (exact) mass is 263 g/mol. The summed E-state index contributed by atoms with van der Waals surface area (Å²) in [6, 6.07) is 0. The molecule has 0 spiro atoms. The molecular weight excluding hydrogens is 242 g/mol. The molecule has 0 saturated heterocycles. The van der Waals surface area contributed by atoms with Crippen LogP contribution >= 0.6 is 0 Å². The Bertz CT molecular complexity index is 599. The van der Waals surface area contributed by atoms with Crippen LogP contribution in [0.3, 0.4) is 0 Å². The van der Waals surface area contributed by atoms with Crippen molar-refractivity contribution in [1.82, 2.24) is 0 Å². The number of anilines is 1. The Labute approximate surface area is 112 Å². The van der Waals surface area contributed by atoms with E-state index in [1.807, 2.05) is 13.8 Å². The summed E-state index contributed by atoms with van der Waals surface area (Å²) in [5.41, 5.74) is 7.23. The first-order valence-electron chi connectivity index (χ1n) is 6.22. The Morgan fingerprint density at radius 2 is 1.33 bits per heavy atom. The zero-order chi connectivity index (χ0) is 13.8. The summed E-state index contributed by atoms with van der Waals surface area (Å²) in [5, 5.41) is 0. The molecule has 1 aromatic carbocycles. The van der Waals surface area contributed by atoms with E-state index in [1.54, 1.807) is 0 Å². The van der Waals surface area contributed by atoms with Crippen molar-refractivity contribution >= 4 is 16.5 Å². The summed E-state index contributed by atoms with van der Waals surface area (Å²) in [6.45, 7) is 12.5. The third kappa shape index (κ3) is 1.57. The number of fused-ring (bicyclic) bond motifs is 1. The average molecular weight is 263 g/mol. The van der Waals surface area contributed by atoms with Crippen molar-refractivity contribution in [3.63, 3.8) is 0 Å². The van der Waals surface area contributed by atoms with Crippen LogP contribution in [0.2, 0.25) is 0 Å². The lowest BCUT2D eigenvalue weighted by Gasteiger charge is -2.33. The van der Waals surface area contributed by atoms with E-state index in [-0.39, 0.29) is 0 Å². The molecule has 0 aliphatic carbocycles. The molecule has 0 N–H and O–H groups in total. The van der Waals surface area contributed by atoms with Gasteiger partial charge in [-0.15, -0.1) is 0 Å². The summed E-state index contributed by atoms with van der Waals surface area (Å²) in [6.07, 6.45) is 0. The van der Waals surface area contributed by atoms with Crippen LogP contribution in [-0.2, 0) is 10.8 Å². The van der Waals surface area contributed by atoms with Crippen molar-refractivity contribution in [2.24, 2.45) is 0 Å². The molecule has 98 valence electrons. The second-order valence-corrected chi connectivity index (χ2v) is 6.71. The maximum atomic E-state index is 12.6. The lowest BCUT2D eigenvalue weighted by Crippen LogP contribution is -2.25. The molecule has 3 heteroatoms. The molecule has 18 heavy (non-hydrogen) atoms. The van der Waals surface area contributed by atoms with Gasteiger partial charge in [0.2, 0.25) is 0 Å². The Balaban J connectivity index is 2.91. The number of nitrogens with zero attached hydrogens (tertiary/aromatic N) is 1. The number of allylic oxidation sites excluding steroid dienone is 2. The van der Waals surface area contributed by atoms with E-state index in [9.17, 15) is 4.21 Å². The molecule has 2 rings (SSSR count). The highest BCUT2D eigenvalue weighted by Gasteiger charge is 2.29. The quantitative estimate of drug-likeness (QED) is 0.711. The van der Waals surface area contributed by atoms with Crippen molar-refractivity contribution in [1.29, 1.82) is 0 Å². The van der Waals surface area contributed by atoms with Crippen molar-refractivity contribution < 1.29 is 4.21 Å². The fourth-order valence-corrected chi connectivity index (χ4v) is 4.19. The van der Waals surface area contributed by atoms with Gasteiger partial charge in [-0.2, -0.15) is 0 Å². The fourth-order valence-electron chi connectivity index (χ4n) is 2.58. The zero-order valence-corrected chi connectivity index (χ0v) is 13.1. The van der Waals surface area contributed by atoms with Crippen LogP contribution in [-0.4, -0.2) is 11.3 Å². The number of benzene rings is 1. The smallest absolute Gasteiger partial charge is 0.0847 e. The molecule has 1 aliphatic heterocycles. The van der Waals surface area contributed by atoms with Gasteiger partial charge in [-0.3, -0.25) is 0 Å². The SMILES string of the molecule is CC1=C(C)S(=O)c2c(C)c(C)c(C)c(C)c2N1C. The van der Waals surface area contributed by atoms with E-state index >= 15 is 0 Å². The summed E-state index contributed by atoms with van der Waals surface area (Å²) in [7, 11) is 1.05. The Kier molecular flexibility index (Phi) is 3.14. The van der Waals surface area contributed by atoms with Crippen molar-refractivity contribution in [2.75, 3.05) is 11.9 Å². The molecule has 0 radical (unpaired) electrons. The van der Waals surface area contributed by atoms with Crippen LogP contribution in [0.25, 0.3) is 0 Å². The van der Waals surface area contributed by atoms with Crippen LogP contribution in [0.5, 0.6) is 0 Å². The van der Waals surface area contributed by atoms with Crippen LogP contribution in [0.4, 0.5) is 5.69 Å². The predicted octanol–water partition coefficient (Wildman–Crippen LogP) is 3.73. The minimum absolute atomic E-state index is 0.968. The molecule has 0 fully saturated rings. The van der Waals surface area contributed by atoms with Crippen LogP contribution in [0, 0.1) is 27.7 Å². The molecule has 0 aromatic heterocycles. The molecule has 0 bridgehead atoms. The summed E-state index contributed by atoms with van der Waals surface area (Å²) >= 11 is 0. The highest BCUT2D eigenvalue weighted by molar-refractivity contribution is 7.89. The predicted molar refractivity (Wildman–Crippen MR) is 78.6 cm³/mol. The lowest BCUT2D eigenvalue weighted by atomic mass is 9.96. The van der Waals surface area contributed by atoms with Gasteiger partial charge in [-0.1, -0.05) is 0 Å². The Morgan fingerprint density at radius 1 is 0.833 bits per heavy atom. The van der Waals surface area contributed by atoms with E-state index in [0.717, 1.165) is 21.2 Å². The minimum Gasteiger partial charge on any atom is -0.346 e. The molecule has 1 aliphatic rings. The first-order chi connectivity index (χ1) is 8.29. The number of hydrogen-bond donors (Lipinski definition) is 0. The average Bonchev–Trinajstić information content (AvgIpc) is 2.35. The molecule has 1 unspecified atom stereocenters. The molecule has 1 aromatic rings. The van der Waals surface area contributed by atoms with Crippen molar-refractivity contribution in [2.45, 2.75) is 46.4 Å². The minimum atomic E-state index is -1.01. The topological polar surface area (TPSA) is 20.3 Å². The maximum Gasteiger partial charge on any atom is 0.0847 e. The second-order valence-electron chi connectivity index (χ2n) is 5.15. The molecular formula is C15H21NOS. The largest absolute Gasteiger partial charge is 0.346 e. The van der Waals surface area contributed by atoms with Gasteiger partial charge in [0.15, 0.2) is 0 Å². The van der Waals surface area contributed by atoms with E-state index in [4.69, 9.17) is 0 Å². The summed E-state index contributed by atoms with van der Waals surface area (Å²) in [5.74, 6) is 0. The second kappa shape index (κ2) is 4.23. The summed E-state index contributed by atoms with van der Waals surface area (Å²) < 4.78 is 12.6. The zero-order valence-electron chi connectivity index (χ0n) is 12.3. The molecule has 1 atom stereocenters. The van der Waals surface area contributed by atoms with Gasteiger partial charge in [-0.25, -0.2) is 4.21 Å². The highest BCUT2D eigenvalue weighted by Crippen LogP contribution is 2.42. The van der Waals surface area contributed by atoms with Gasteiger partial charge in [0.1, 0.15) is 0 Å². The van der Waals surface area contributed by atoms with Gasteiger partial charge in [0.05, 0.1) is 21.4 Å². The summed E-state index contributed by atoms with van der Waals surface area (Å²) in [4.78, 5) is 4.15. The highest BCUT2D eigenvalue weighted by atomic mass is 32.2. The van der Waals surface area contributed by atoms with Crippen LogP contribution in [0.1, 0.15) is 36.1 Å². The van der Waals surface area contributed by atoms with Crippen molar-refractivity contribution in [3.8, 4) is 0 Å². The normalized spacial score (nSPS) is 19.3. The third-order valence-corrected chi connectivity index (χ3v) is 6.13. The molecule has 2 nitrogen and oxygen atoms in total. The van der Waals surface area contributed by atoms with Gasteiger partial charge in [0, 0.05) is 17.6 Å². The van der Waals surface area contributed by atoms with Crippen LogP contribution in [0.15, 0.2) is 15.5 Å². The standard InChI is InChI=1S/C15H21NOS/c1-8-9(2)11(4)15-14(10(8)3)16(7)12(5)13(6)18(15)17/h1-7H3. The Morgan fingerprint density at radius 3 is 1.89 bits per heavy atom. The van der Waals surface area contributed by atoms with E-state index in [2.05, 4.69) is 39.6 Å². The number of hydrogen-bond acceptors (Lipinski definition) is 2. The van der Waals surface area contributed by atoms with E-state index < -0.39 is 10.8 Å². The molecule has 0 amide bonds. The fraction of sp³-hybridized carbons (Fsp3) is 0.467. The first kappa shape index (κ1) is 13.3. The van der Waals surface area contributed by atoms with Crippen LogP contribution < -0.4 is 4.90 Å². The Hall–Kier alpha value is -1.09. The maximum absolute atomic E-state index is 12.6. The first-order valence-corrected chi connectivity index (χ1v) is 7.37. The van der Waals surface area contributed by atoms with Gasteiger partial charge >= 0.3 is 0 Å². The van der Waals surface area contributed by atoms with E-state index in [1.165, 1.54) is 22.3 Å². The van der Waals surface area contributed by atoms with Gasteiger partial charge in [0.25, 0.3) is 0 Å². The van der Waals surface area contributed by atoms with Gasteiger partial charge < -0.3 is 4.90 Å². The molecule has 1 heterocycles. The van der Waals surface area contributed by atoms with Gasteiger partial charge in [-0.05, 0) is 63.8 Å². The molecule has 0 saturated carbocycles. The van der Waals surface area contributed by atoms with Crippen molar-refractivity contribution in [3.05, 3.63) is 32.9 Å². The third-order valence-electron chi connectivity index (χ3n) is 4.41.